The van der Waals surface area contributed by atoms with Crippen LogP contribution in [0.25, 0.3) is 21.4 Å². The van der Waals surface area contributed by atoms with Crippen molar-refractivity contribution in [2.45, 2.75) is 6.92 Å². The summed E-state index contributed by atoms with van der Waals surface area (Å²) in [5.74, 6) is 0. The summed E-state index contributed by atoms with van der Waals surface area (Å²) in [6.07, 6.45) is 1.73. The predicted molar refractivity (Wildman–Crippen MR) is 64.3 cm³/mol. The van der Waals surface area contributed by atoms with Crippen molar-refractivity contribution in [3.05, 3.63) is 47.5 Å². The number of benzene rings is 1. The molecular weight excluding hydrogens is 204 g/mol. The van der Waals surface area contributed by atoms with Gasteiger partial charge in [0.15, 0.2) is 0 Å². The van der Waals surface area contributed by atoms with Gasteiger partial charge in [0, 0.05) is 10.3 Å². The van der Waals surface area contributed by atoms with Gasteiger partial charge in [0.25, 0.3) is 0 Å². The molecule has 1 aromatic carbocycles. The highest BCUT2D eigenvalue weighted by Crippen LogP contribution is 2.29. The Labute approximate surface area is 92.0 Å². The fourth-order valence-electron chi connectivity index (χ4n) is 1.70. The van der Waals surface area contributed by atoms with E-state index in [-0.39, 0.29) is 0 Å². The zero-order valence-corrected chi connectivity index (χ0v) is 9.17. The number of furan rings is 1. The zero-order valence-electron chi connectivity index (χ0n) is 8.36. The Bertz CT molecular complexity index is 604. The minimum Gasteiger partial charge on any atom is -0.464 e. The lowest BCUT2D eigenvalue weighted by Crippen LogP contribution is -1.71. The fraction of sp³-hybridized carbons (Fsp3) is 0.0769. The van der Waals surface area contributed by atoms with Crippen LogP contribution in [-0.4, -0.2) is 0 Å². The summed E-state index contributed by atoms with van der Waals surface area (Å²) in [6.45, 7) is 2.12. The second kappa shape index (κ2) is 3.24. The second-order valence-corrected chi connectivity index (χ2v) is 4.57. The topological polar surface area (TPSA) is 13.1 Å². The van der Waals surface area contributed by atoms with Gasteiger partial charge in [0.2, 0.25) is 0 Å². The van der Waals surface area contributed by atoms with E-state index >= 15 is 0 Å². The molecule has 0 saturated heterocycles. The first-order valence-electron chi connectivity index (χ1n) is 4.86. The van der Waals surface area contributed by atoms with Gasteiger partial charge in [-0.2, -0.15) is 0 Å². The molecule has 1 nitrogen and oxygen atoms in total. The van der Waals surface area contributed by atoms with Crippen molar-refractivity contribution in [3.8, 4) is 10.4 Å². The average Bonchev–Trinajstić information content (AvgIpc) is 2.84. The molecule has 0 bridgehead atoms. The Kier molecular flexibility index (Phi) is 1.89. The third-order valence-corrected chi connectivity index (χ3v) is 3.56. The quantitative estimate of drug-likeness (QED) is 0.582. The van der Waals surface area contributed by atoms with Crippen LogP contribution in [0.15, 0.2) is 46.4 Å². The Morgan fingerprint density at radius 3 is 2.87 bits per heavy atom. The molecule has 15 heavy (non-hydrogen) atoms. The molecule has 0 aliphatic rings. The molecule has 2 heterocycles. The number of thiophene rings is 1. The standard InChI is InChI=1S/C13H10OS/c1-9-6-13(15-8-9)11-2-3-12-10(7-11)4-5-14-12/h2-8H,1H3. The SMILES string of the molecule is Cc1csc(-c2ccc3occc3c2)c1. The van der Waals surface area contributed by atoms with Gasteiger partial charge in [-0.1, -0.05) is 0 Å². The molecule has 2 aromatic heterocycles. The van der Waals surface area contributed by atoms with Crippen LogP contribution in [-0.2, 0) is 0 Å². The van der Waals surface area contributed by atoms with Crippen molar-refractivity contribution >= 4 is 22.3 Å². The third-order valence-electron chi connectivity index (χ3n) is 2.47. The lowest BCUT2D eigenvalue weighted by molar-refractivity contribution is 0.616. The normalized spacial score (nSPS) is 11.0. The van der Waals surface area contributed by atoms with E-state index in [1.807, 2.05) is 12.1 Å². The molecule has 0 saturated carbocycles. The average molecular weight is 214 g/mol. The molecule has 0 spiro atoms. The van der Waals surface area contributed by atoms with Crippen molar-refractivity contribution in [3.63, 3.8) is 0 Å². The van der Waals surface area contributed by atoms with E-state index in [0.29, 0.717) is 0 Å². The van der Waals surface area contributed by atoms with E-state index in [0.717, 1.165) is 5.58 Å². The first-order chi connectivity index (χ1) is 7.33. The number of rotatable bonds is 1. The first kappa shape index (κ1) is 8.74. The van der Waals surface area contributed by atoms with Crippen molar-refractivity contribution in [2.75, 3.05) is 0 Å². The number of fused-ring (bicyclic) bond motifs is 1. The minimum atomic E-state index is 0.951. The second-order valence-electron chi connectivity index (χ2n) is 3.66. The molecular formula is C13H10OS. The zero-order chi connectivity index (χ0) is 10.3. The largest absolute Gasteiger partial charge is 0.464 e. The van der Waals surface area contributed by atoms with E-state index in [9.17, 15) is 0 Å². The van der Waals surface area contributed by atoms with Crippen LogP contribution in [0.4, 0.5) is 0 Å². The van der Waals surface area contributed by atoms with Crippen LogP contribution in [0.3, 0.4) is 0 Å². The van der Waals surface area contributed by atoms with Crippen LogP contribution >= 0.6 is 11.3 Å². The first-order valence-corrected chi connectivity index (χ1v) is 5.74. The van der Waals surface area contributed by atoms with Gasteiger partial charge in [-0.15, -0.1) is 11.3 Å². The number of hydrogen-bond acceptors (Lipinski definition) is 2. The highest BCUT2D eigenvalue weighted by atomic mass is 32.1. The van der Waals surface area contributed by atoms with Crippen molar-refractivity contribution in [1.29, 1.82) is 0 Å². The van der Waals surface area contributed by atoms with Crippen molar-refractivity contribution in [1.82, 2.24) is 0 Å². The Balaban J connectivity index is 2.18. The molecule has 3 aromatic rings. The van der Waals surface area contributed by atoms with E-state index in [1.54, 1.807) is 17.6 Å². The van der Waals surface area contributed by atoms with Gasteiger partial charge < -0.3 is 4.42 Å². The van der Waals surface area contributed by atoms with Gasteiger partial charge in [-0.05, 0) is 53.8 Å². The van der Waals surface area contributed by atoms with Gasteiger partial charge in [0.1, 0.15) is 5.58 Å². The summed E-state index contributed by atoms with van der Waals surface area (Å²) >= 11 is 1.78. The molecule has 0 unspecified atom stereocenters. The van der Waals surface area contributed by atoms with Gasteiger partial charge in [-0.3, -0.25) is 0 Å². The molecule has 3 rings (SSSR count). The lowest BCUT2D eigenvalue weighted by Gasteiger charge is -1.96. The highest BCUT2D eigenvalue weighted by Gasteiger charge is 2.03. The Hall–Kier alpha value is -1.54. The molecule has 0 radical (unpaired) electrons. The third kappa shape index (κ3) is 1.47. The van der Waals surface area contributed by atoms with Crippen molar-refractivity contribution < 1.29 is 4.42 Å². The van der Waals surface area contributed by atoms with Crippen LogP contribution in [0.2, 0.25) is 0 Å². The van der Waals surface area contributed by atoms with Gasteiger partial charge in [-0.25, -0.2) is 0 Å². The molecule has 0 aliphatic carbocycles. The Morgan fingerprint density at radius 1 is 1.13 bits per heavy atom. The van der Waals surface area contributed by atoms with E-state index in [4.69, 9.17) is 4.42 Å². The van der Waals surface area contributed by atoms with Crippen molar-refractivity contribution in [2.24, 2.45) is 0 Å². The molecule has 2 heteroatoms. The summed E-state index contributed by atoms with van der Waals surface area (Å²) in [6, 6.07) is 10.5. The van der Waals surface area contributed by atoms with E-state index < -0.39 is 0 Å². The minimum absolute atomic E-state index is 0.951. The number of hydrogen-bond donors (Lipinski definition) is 0. The lowest BCUT2D eigenvalue weighted by atomic mass is 10.1. The maximum absolute atomic E-state index is 5.32. The molecule has 0 aliphatic heterocycles. The predicted octanol–water partition coefficient (Wildman–Crippen LogP) is 4.47. The Morgan fingerprint density at radius 2 is 2.07 bits per heavy atom. The molecule has 0 N–H and O–H groups in total. The summed E-state index contributed by atoms with van der Waals surface area (Å²) in [4.78, 5) is 1.32. The number of aryl methyl sites for hydroxylation is 1. The van der Waals surface area contributed by atoms with Crippen LogP contribution < -0.4 is 0 Å². The maximum atomic E-state index is 5.32. The summed E-state index contributed by atoms with van der Waals surface area (Å²) in [5.41, 5.74) is 3.54. The van der Waals surface area contributed by atoms with Gasteiger partial charge >= 0.3 is 0 Å². The summed E-state index contributed by atoms with van der Waals surface area (Å²) in [7, 11) is 0. The molecule has 0 fully saturated rings. The highest BCUT2D eigenvalue weighted by molar-refractivity contribution is 7.13. The summed E-state index contributed by atoms with van der Waals surface area (Å²) in [5, 5.41) is 3.34. The summed E-state index contributed by atoms with van der Waals surface area (Å²) < 4.78 is 5.32. The van der Waals surface area contributed by atoms with Crippen LogP contribution in [0.5, 0.6) is 0 Å². The van der Waals surface area contributed by atoms with E-state index in [2.05, 4.69) is 30.5 Å². The van der Waals surface area contributed by atoms with Crippen LogP contribution in [0.1, 0.15) is 5.56 Å². The fourth-order valence-corrected chi connectivity index (χ4v) is 2.60. The smallest absolute Gasteiger partial charge is 0.133 e. The van der Waals surface area contributed by atoms with Gasteiger partial charge in [0.05, 0.1) is 6.26 Å². The monoisotopic (exact) mass is 214 g/mol. The molecule has 74 valence electrons. The molecule has 0 atom stereocenters. The van der Waals surface area contributed by atoms with E-state index in [1.165, 1.54) is 21.4 Å². The van der Waals surface area contributed by atoms with Crippen LogP contribution in [0, 0.1) is 6.92 Å². The molecule has 0 amide bonds. The maximum Gasteiger partial charge on any atom is 0.133 e.